The Morgan fingerprint density at radius 1 is 1.43 bits per heavy atom. The largest absolute Gasteiger partial charge is 0.444 e. The molecule has 2 amide bonds. The molecule has 1 saturated carbocycles. The van der Waals surface area contributed by atoms with Crippen molar-refractivity contribution < 1.29 is 19.1 Å². The molecule has 7 heteroatoms. The fourth-order valence-electron chi connectivity index (χ4n) is 2.53. The van der Waals surface area contributed by atoms with Crippen molar-refractivity contribution in [1.82, 2.24) is 10.2 Å². The lowest BCUT2D eigenvalue weighted by molar-refractivity contribution is -0.134. The number of likely N-dealkylation sites (N-methyl/N-ethyl adjacent to an activating group) is 1. The van der Waals surface area contributed by atoms with Gasteiger partial charge in [0.1, 0.15) is 0 Å². The van der Waals surface area contributed by atoms with E-state index in [1.54, 1.807) is 13.1 Å². The van der Waals surface area contributed by atoms with E-state index in [-0.39, 0.29) is 24.3 Å². The van der Waals surface area contributed by atoms with Gasteiger partial charge in [-0.15, -0.1) is 0 Å². The van der Waals surface area contributed by atoms with Gasteiger partial charge in [0.05, 0.1) is 18.7 Å². The van der Waals surface area contributed by atoms with Gasteiger partial charge in [-0.3, -0.25) is 9.59 Å². The van der Waals surface area contributed by atoms with E-state index in [1.807, 2.05) is 0 Å². The Morgan fingerprint density at radius 3 is 2.76 bits per heavy atom. The first-order valence-corrected chi connectivity index (χ1v) is 7.75. The van der Waals surface area contributed by atoms with Gasteiger partial charge in [-0.1, -0.05) is 12.8 Å². The third kappa shape index (κ3) is 4.07. The zero-order chi connectivity index (χ0) is 15.4. The number of hydrogen-bond donors (Lipinski definition) is 2. The SMILES string of the molecule is CN(C(=O)CNC(=O)c1ccc(Br)o1)C1CCCCC1O. The Hall–Kier alpha value is -1.34. The molecule has 1 aliphatic rings. The van der Waals surface area contributed by atoms with Crippen molar-refractivity contribution in [1.29, 1.82) is 0 Å². The predicted molar refractivity (Wildman–Crippen MR) is 79.8 cm³/mol. The van der Waals surface area contributed by atoms with Gasteiger partial charge in [0, 0.05) is 7.05 Å². The maximum Gasteiger partial charge on any atom is 0.287 e. The Balaban J connectivity index is 1.84. The van der Waals surface area contributed by atoms with Crippen LogP contribution >= 0.6 is 15.9 Å². The van der Waals surface area contributed by atoms with E-state index >= 15 is 0 Å². The van der Waals surface area contributed by atoms with Crippen LogP contribution in [0.3, 0.4) is 0 Å². The number of halogens is 1. The number of aliphatic hydroxyl groups is 1. The summed E-state index contributed by atoms with van der Waals surface area (Å²) in [6, 6.07) is 2.97. The molecule has 1 aromatic heterocycles. The lowest BCUT2D eigenvalue weighted by Gasteiger charge is -2.35. The molecule has 6 nitrogen and oxygen atoms in total. The lowest BCUT2D eigenvalue weighted by atomic mass is 9.91. The number of aliphatic hydroxyl groups excluding tert-OH is 1. The van der Waals surface area contributed by atoms with Crippen molar-refractivity contribution in [2.75, 3.05) is 13.6 Å². The standard InChI is InChI=1S/C14H19BrN2O4/c1-17(9-4-2-3-5-10(9)18)13(19)8-16-14(20)11-6-7-12(15)21-11/h6-7,9-10,18H,2-5,8H2,1H3,(H,16,20). The first-order chi connectivity index (χ1) is 9.99. The topological polar surface area (TPSA) is 82.8 Å². The lowest BCUT2D eigenvalue weighted by Crippen LogP contribution is -2.49. The molecule has 1 aliphatic carbocycles. The van der Waals surface area contributed by atoms with Crippen LogP contribution in [0.25, 0.3) is 0 Å². The second-order valence-corrected chi connectivity index (χ2v) is 5.99. The van der Waals surface area contributed by atoms with Gasteiger partial charge in [0.2, 0.25) is 5.91 Å². The average molecular weight is 359 g/mol. The highest BCUT2D eigenvalue weighted by Crippen LogP contribution is 2.22. The number of hydrogen-bond acceptors (Lipinski definition) is 4. The van der Waals surface area contributed by atoms with Gasteiger partial charge in [0.15, 0.2) is 10.4 Å². The summed E-state index contributed by atoms with van der Waals surface area (Å²) < 4.78 is 5.57. The summed E-state index contributed by atoms with van der Waals surface area (Å²) in [5.74, 6) is -0.512. The monoisotopic (exact) mass is 358 g/mol. The first kappa shape index (κ1) is 16.0. The van der Waals surface area contributed by atoms with Crippen LogP contribution in [0.2, 0.25) is 0 Å². The van der Waals surface area contributed by atoms with Gasteiger partial charge in [0.25, 0.3) is 5.91 Å². The number of carbonyl (C=O) groups excluding carboxylic acids is 2. The molecule has 1 fully saturated rings. The van der Waals surface area contributed by atoms with E-state index in [9.17, 15) is 14.7 Å². The second-order valence-electron chi connectivity index (χ2n) is 5.21. The predicted octanol–water partition coefficient (Wildman–Crippen LogP) is 1.53. The molecule has 0 aliphatic heterocycles. The smallest absolute Gasteiger partial charge is 0.287 e. The van der Waals surface area contributed by atoms with Crippen molar-refractivity contribution in [2.45, 2.75) is 37.8 Å². The van der Waals surface area contributed by atoms with Crippen molar-refractivity contribution in [3.63, 3.8) is 0 Å². The van der Waals surface area contributed by atoms with Crippen LogP contribution in [0.5, 0.6) is 0 Å². The highest BCUT2D eigenvalue weighted by atomic mass is 79.9. The molecule has 1 aromatic rings. The van der Waals surface area contributed by atoms with Crippen LogP contribution in [-0.4, -0.2) is 47.6 Å². The van der Waals surface area contributed by atoms with Crippen molar-refractivity contribution in [3.05, 3.63) is 22.6 Å². The van der Waals surface area contributed by atoms with Crippen molar-refractivity contribution in [3.8, 4) is 0 Å². The number of amides is 2. The molecular formula is C14H19BrN2O4. The van der Waals surface area contributed by atoms with Crippen molar-refractivity contribution >= 4 is 27.7 Å². The summed E-state index contributed by atoms with van der Waals surface area (Å²) in [7, 11) is 1.66. The van der Waals surface area contributed by atoms with Gasteiger partial charge in [-0.05, 0) is 40.9 Å². The van der Waals surface area contributed by atoms with Crippen LogP contribution in [-0.2, 0) is 4.79 Å². The summed E-state index contributed by atoms with van der Waals surface area (Å²) in [5, 5.41) is 12.5. The average Bonchev–Trinajstić information content (AvgIpc) is 2.91. The highest BCUT2D eigenvalue weighted by molar-refractivity contribution is 9.10. The van der Waals surface area contributed by atoms with E-state index < -0.39 is 12.0 Å². The Bertz CT molecular complexity index is 517. The quantitative estimate of drug-likeness (QED) is 0.854. The van der Waals surface area contributed by atoms with E-state index in [0.29, 0.717) is 4.67 Å². The third-order valence-corrected chi connectivity index (χ3v) is 4.21. The van der Waals surface area contributed by atoms with Crippen LogP contribution < -0.4 is 5.32 Å². The summed E-state index contributed by atoms with van der Waals surface area (Å²) in [6.07, 6.45) is 3.03. The van der Waals surface area contributed by atoms with Gasteiger partial charge in [-0.25, -0.2) is 0 Å². The molecule has 0 spiro atoms. The summed E-state index contributed by atoms with van der Waals surface area (Å²) in [6.45, 7) is -0.114. The highest BCUT2D eigenvalue weighted by Gasteiger charge is 2.29. The van der Waals surface area contributed by atoms with Gasteiger partial charge >= 0.3 is 0 Å². The maximum atomic E-state index is 12.1. The minimum atomic E-state index is -0.482. The Morgan fingerprint density at radius 2 is 2.14 bits per heavy atom. The minimum absolute atomic E-state index is 0.114. The molecule has 0 aromatic carbocycles. The molecule has 0 radical (unpaired) electrons. The number of nitrogens with zero attached hydrogens (tertiary/aromatic N) is 1. The maximum absolute atomic E-state index is 12.1. The molecule has 2 rings (SSSR count). The van der Waals surface area contributed by atoms with Gasteiger partial charge in [-0.2, -0.15) is 0 Å². The molecule has 2 N–H and O–H groups in total. The minimum Gasteiger partial charge on any atom is -0.444 e. The summed E-state index contributed by atoms with van der Waals surface area (Å²) in [4.78, 5) is 25.4. The Kier molecular flexibility index (Phi) is 5.41. The number of furan rings is 1. The normalized spacial score (nSPS) is 21.9. The molecule has 0 bridgehead atoms. The Labute approximate surface area is 131 Å². The number of carbonyl (C=O) groups is 2. The van der Waals surface area contributed by atoms with Crippen LogP contribution in [0, 0.1) is 0 Å². The summed E-state index contributed by atoms with van der Waals surface area (Å²) in [5.41, 5.74) is 0. The van der Waals surface area contributed by atoms with E-state index in [4.69, 9.17) is 4.42 Å². The van der Waals surface area contributed by atoms with E-state index in [0.717, 1.165) is 25.7 Å². The van der Waals surface area contributed by atoms with Crippen LogP contribution in [0.15, 0.2) is 21.2 Å². The molecule has 21 heavy (non-hydrogen) atoms. The van der Waals surface area contributed by atoms with Crippen LogP contribution in [0.4, 0.5) is 0 Å². The fraction of sp³-hybridized carbons (Fsp3) is 0.571. The molecule has 0 saturated heterocycles. The molecular weight excluding hydrogens is 340 g/mol. The van der Waals surface area contributed by atoms with E-state index in [1.165, 1.54) is 11.0 Å². The number of nitrogens with one attached hydrogen (secondary N) is 1. The van der Waals surface area contributed by atoms with E-state index in [2.05, 4.69) is 21.2 Å². The zero-order valence-corrected chi connectivity index (χ0v) is 13.4. The third-order valence-electron chi connectivity index (χ3n) is 3.78. The molecule has 2 unspecified atom stereocenters. The molecule has 116 valence electrons. The molecule has 1 heterocycles. The van der Waals surface area contributed by atoms with Crippen LogP contribution in [0.1, 0.15) is 36.2 Å². The second kappa shape index (κ2) is 7.09. The first-order valence-electron chi connectivity index (χ1n) is 6.96. The summed E-state index contributed by atoms with van der Waals surface area (Å²) >= 11 is 3.11. The van der Waals surface area contributed by atoms with Crippen molar-refractivity contribution in [2.24, 2.45) is 0 Å². The zero-order valence-electron chi connectivity index (χ0n) is 11.8. The molecule has 2 atom stereocenters. The number of rotatable bonds is 4. The van der Waals surface area contributed by atoms with Gasteiger partial charge < -0.3 is 19.7 Å². The fourth-order valence-corrected chi connectivity index (χ4v) is 2.84.